The van der Waals surface area contributed by atoms with Crippen LogP contribution in [0.25, 0.3) is 16.5 Å². The standard InChI is InChI=1S/C26H35N5O2/c1-15-16(13-28-27)9-8-10-17-18-11-21-19(12-20(18)29-23(15)17)26(5,6)24(33)31(21)14-22(32)30(7)25(2,3)4/h11-13,28-29H,1,8-10,14,27H2,2-7H3/b16-13-. The van der Waals surface area contributed by atoms with Gasteiger partial charge in [0, 0.05) is 41.1 Å². The zero-order valence-electron chi connectivity index (χ0n) is 20.6. The van der Waals surface area contributed by atoms with Crippen LogP contribution in [-0.2, 0) is 21.4 Å². The Morgan fingerprint density at radius 3 is 2.67 bits per heavy atom. The summed E-state index contributed by atoms with van der Waals surface area (Å²) in [5.41, 5.74) is 8.61. The zero-order valence-corrected chi connectivity index (χ0v) is 20.6. The average Bonchev–Trinajstić information content (AvgIpc) is 3.12. The van der Waals surface area contributed by atoms with Crippen LogP contribution in [0.4, 0.5) is 5.69 Å². The van der Waals surface area contributed by atoms with Crippen LogP contribution in [0.3, 0.4) is 0 Å². The Bertz CT molecular complexity index is 1200. The third kappa shape index (κ3) is 3.64. The molecular formula is C26H35N5O2. The number of hydrazine groups is 1. The predicted octanol–water partition coefficient (Wildman–Crippen LogP) is 3.75. The Morgan fingerprint density at radius 1 is 1.33 bits per heavy atom. The molecule has 2 aliphatic rings. The molecule has 2 aromatic rings. The molecule has 0 spiro atoms. The summed E-state index contributed by atoms with van der Waals surface area (Å²) in [5.74, 6) is 5.41. The lowest BCUT2D eigenvalue weighted by Gasteiger charge is -2.33. The molecule has 1 aliphatic carbocycles. The number of carbonyl (C=O) groups is 2. The van der Waals surface area contributed by atoms with Gasteiger partial charge in [-0.2, -0.15) is 0 Å². The first-order chi connectivity index (χ1) is 15.4. The minimum atomic E-state index is -0.710. The summed E-state index contributed by atoms with van der Waals surface area (Å²) in [6.07, 6.45) is 4.58. The first-order valence-corrected chi connectivity index (χ1v) is 11.5. The van der Waals surface area contributed by atoms with Crippen molar-refractivity contribution in [1.29, 1.82) is 0 Å². The number of amides is 2. The summed E-state index contributed by atoms with van der Waals surface area (Å²) in [6, 6.07) is 4.16. The van der Waals surface area contributed by atoms with Crippen molar-refractivity contribution in [3.63, 3.8) is 0 Å². The van der Waals surface area contributed by atoms with E-state index in [2.05, 4.69) is 29.1 Å². The first kappa shape index (κ1) is 23.1. The molecule has 0 unspecified atom stereocenters. The molecule has 0 fully saturated rings. The van der Waals surface area contributed by atoms with E-state index in [0.29, 0.717) is 0 Å². The third-order valence-corrected chi connectivity index (χ3v) is 7.26. The van der Waals surface area contributed by atoms with Crippen molar-refractivity contribution in [3.8, 4) is 0 Å². The summed E-state index contributed by atoms with van der Waals surface area (Å²) < 4.78 is 0. The van der Waals surface area contributed by atoms with Crippen LogP contribution in [-0.4, -0.2) is 40.8 Å². The minimum absolute atomic E-state index is 0.0307. The molecule has 7 heteroatoms. The number of nitrogens with zero attached hydrogens (tertiary/aromatic N) is 2. The highest BCUT2D eigenvalue weighted by Gasteiger charge is 2.45. The maximum Gasteiger partial charge on any atom is 0.242 e. The Morgan fingerprint density at radius 2 is 2.03 bits per heavy atom. The molecule has 176 valence electrons. The number of H-pyrrole nitrogens is 1. The van der Waals surface area contributed by atoms with Gasteiger partial charge >= 0.3 is 0 Å². The molecule has 1 aromatic heterocycles. The van der Waals surface area contributed by atoms with E-state index in [0.717, 1.165) is 58.3 Å². The number of allylic oxidation sites excluding steroid dienone is 2. The largest absolute Gasteiger partial charge is 0.354 e. The van der Waals surface area contributed by atoms with Crippen LogP contribution in [0.15, 0.2) is 30.5 Å². The van der Waals surface area contributed by atoms with Crippen molar-refractivity contribution in [2.24, 2.45) is 5.84 Å². The molecule has 0 atom stereocenters. The summed E-state index contributed by atoms with van der Waals surface area (Å²) in [5, 5.41) is 1.08. The number of aromatic amines is 1. The van der Waals surface area contributed by atoms with Gasteiger partial charge < -0.3 is 20.2 Å². The highest BCUT2D eigenvalue weighted by Crippen LogP contribution is 2.46. The van der Waals surface area contributed by atoms with Gasteiger partial charge in [-0.05, 0) is 88.3 Å². The van der Waals surface area contributed by atoms with Crippen molar-refractivity contribution in [1.82, 2.24) is 15.3 Å². The number of rotatable bonds is 3. The summed E-state index contributed by atoms with van der Waals surface area (Å²) in [4.78, 5) is 33.4. The van der Waals surface area contributed by atoms with E-state index in [9.17, 15) is 9.59 Å². The van der Waals surface area contributed by atoms with Crippen molar-refractivity contribution in [2.75, 3.05) is 18.5 Å². The lowest BCUT2D eigenvalue weighted by atomic mass is 9.85. The van der Waals surface area contributed by atoms with Crippen LogP contribution in [0.1, 0.15) is 64.3 Å². The summed E-state index contributed by atoms with van der Waals surface area (Å²) in [7, 11) is 1.79. The normalized spacial score (nSPS) is 19.0. The van der Waals surface area contributed by atoms with Gasteiger partial charge in [0.25, 0.3) is 0 Å². The van der Waals surface area contributed by atoms with Gasteiger partial charge in [-0.25, -0.2) is 0 Å². The number of nitrogens with two attached hydrogens (primary N) is 1. The Hall–Kier alpha value is -3.06. The molecule has 1 aliphatic heterocycles. The molecular weight excluding hydrogens is 414 g/mol. The van der Waals surface area contributed by atoms with Gasteiger partial charge in [0.15, 0.2) is 0 Å². The van der Waals surface area contributed by atoms with E-state index in [1.807, 2.05) is 40.8 Å². The quantitative estimate of drug-likeness (QED) is 0.378. The van der Waals surface area contributed by atoms with Gasteiger partial charge in [0.1, 0.15) is 6.54 Å². The molecule has 4 N–H and O–H groups in total. The number of benzene rings is 1. The number of nitrogens with one attached hydrogen (secondary N) is 2. The number of carbonyl (C=O) groups excluding carboxylic acids is 2. The van der Waals surface area contributed by atoms with E-state index in [1.165, 1.54) is 5.56 Å². The Balaban J connectivity index is 1.82. The predicted molar refractivity (Wildman–Crippen MR) is 134 cm³/mol. The maximum atomic E-state index is 13.4. The van der Waals surface area contributed by atoms with Crippen molar-refractivity contribution in [3.05, 3.63) is 47.3 Å². The molecule has 0 bridgehead atoms. The summed E-state index contributed by atoms with van der Waals surface area (Å²) >= 11 is 0. The SMILES string of the molecule is C=C1/C(=C\NN)CCCc2c1[nH]c1cc3c(cc21)N(CC(=O)N(C)C(C)(C)C)C(=O)C3(C)C. The van der Waals surface area contributed by atoms with E-state index in [4.69, 9.17) is 5.84 Å². The fourth-order valence-corrected chi connectivity index (χ4v) is 4.89. The minimum Gasteiger partial charge on any atom is -0.354 e. The van der Waals surface area contributed by atoms with E-state index in [-0.39, 0.29) is 23.9 Å². The Labute approximate surface area is 195 Å². The second kappa shape index (κ2) is 7.76. The van der Waals surface area contributed by atoms with E-state index >= 15 is 0 Å². The topological polar surface area (TPSA) is 94.5 Å². The zero-order chi connectivity index (χ0) is 24.3. The number of fused-ring (bicyclic) bond motifs is 4. The molecule has 0 saturated heterocycles. The highest BCUT2D eigenvalue weighted by molar-refractivity contribution is 6.12. The van der Waals surface area contributed by atoms with Gasteiger partial charge in [0.2, 0.25) is 11.8 Å². The van der Waals surface area contributed by atoms with Crippen molar-refractivity contribution >= 4 is 34.0 Å². The maximum absolute atomic E-state index is 13.4. The molecule has 0 saturated carbocycles. The molecule has 7 nitrogen and oxygen atoms in total. The van der Waals surface area contributed by atoms with Crippen LogP contribution in [0, 0.1) is 0 Å². The number of hydrogen-bond donors (Lipinski definition) is 3. The molecule has 0 radical (unpaired) electrons. The van der Waals surface area contributed by atoms with Crippen LogP contribution < -0.4 is 16.2 Å². The fraction of sp³-hybridized carbons (Fsp3) is 0.462. The van der Waals surface area contributed by atoms with Gasteiger partial charge in [-0.15, -0.1) is 0 Å². The average molecular weight is 450 g/mol. The van der Waals surface area contributed by atoms with Gasteiger partial charge in [-0.3, -0.25) is 15.4 Å². The third-order valence-electron chi connectivity index (χ3n) is 7.26. The summed E-state index contributed by atoms with van der Waals surface area (Å²) in [6.45, 7) is 14.2. The van der Waals surface area contributed by atoms with Crippen molar-refractivity contribution < 1.29 is 9.59 Å². The molecule has 2 heterocycles. The second-order valence-corrected chi connectivity index (χ2v) is 10.7. The van der Waals surface area contributed by atoms with Gasteiger partial charge in [-0.1, -0.05) is 6.58 Å². The number of aromatic nitrogens is 1. The van der Waals surface area contributed by atoms with E-state index in [1.54, 1.807) is 16.8 Å². The monoisotopic (exact) mass is 449 g/mol. The fourth-order valence-electron chi connectivity index (χ4n) is 4.89. The van der Waals surface area contributed by atoms with Crippen LogP contribution in [0.5, 0.6) is 0 Å². The lowest BCUT2D eigenvalue weighted by molar-refractivity contribution is -0.134. The Kier molecular flexibility index (Phi) is 5.44. The first-order valence-electron chi connectivity index (χ1n) is 11.5. The molecule has 1 aromatic carbocycles. The van der Waals surface area contributed by atoms with Gasteiger partial charge in [0.05, 0.1) is 5.41 Å². The molecule has 33 heavy (non-hydrogen) atoms. The lowest BCUT2D eigenvalue weighted by Crippen LogP contribution is -2.49. The highest BCUT2D eigenvalue weighted by atomic mass is 16.2. The van der Waals surface area contributed by atoms with Crippen LogP contribution >= 0.6 is 0 Å². The van der Waals surface area contributed by atoms with E-state index < -0.39 is 5.41 Å². The number of aryl methyl sites for hydroxylation is 1. The second-order valence-electron chi connectivity index (χ2n) is 10.7. The number of hydrogen-bond acceptors (Lipinski definition) is 4. The number of likely N-dealkylation sites (N-methyl/N-ethyl adjacent to an activating group) is 1. The molecule has 2 amide bonds. The smallest absolute Gasteiger partial charge is 0.242 e. The van der Waals surface area contributed by atoms with Crippen LogP contribution in [0.2, 0.25) is 0 Å². The molecule has 4 rings (SSSR count). The number of anilines is 1. The van der Waals surface area contributed by atoms with Crippen molar-refractivity contribution in [2.45, 2.75) is 64.8 Å².